The first-order valence-electron chi connectivity index (χ1n) is 19.8. The maximum atomic E-state index is 12.5. The smallest absolute Gasteiger partial charge is 0.419 e. The van der Waals surface area contributed by atoms with Crippen molar-refractivity contribution in [3.8, 4) is 45.3 Å². The van der Waals surface area contributed by atoms with Crippen LogP contribution in [0.2, 0.25) is 0 Å². The van der Waals surface area contributed by atoms with Gasteiger partial charge in [0.25, 0.3) is 0 Å². The number of benzene rings is 4. The number of nitrogens with two attached hydrogens (primary N) is 2. The van der Waals surface area contributed by atoms with Crippen molar-refractivity contribution in [3.05, 3.63) is 120 Å². The summed E-state index contributed by atoms with van der Waals surface area (Å²) in [6.07, 6.45) is 3.84. The number of carbonyl (C=O) groups excluding carboxylic acids is 1. The van der Waals surface area contributed by atoms with Gasteiger partial charge >= 0.3 is 12.2 Å². The summed E-state index contributed by atoms with van der Waals surface area (Å²) < 4.78 is 19.0. The van der Waals surface area contributed by atoms with E-state index in [9.17, 15) is 14.7 Å². The average Bonchev–Trinajstić information content (AvgIpc) is 4.07. The van der Waals surface area contributed by atoms with Crippen molar-refractivity contribution in [1.82, 2.24) is 29.1 Å². The fourth-order valence-corrected chi connectivity index (χ4v) is 7.23. The molecule has 0 radical (unpaired) electrons. The Morgan fingerprint density at radius 3 is 1.68 bits per heavy atom. The number of aryl methyl sites for hydroxylation is 1. The standard InChI is InChI=1S/2C23H24N4O3/c1-3-16-12-27(23(28)29)22(25-16)19-17-10-14(13-30-4-2)11-18(24)21(17)26-20(19)15-8-6-5-7-9-15;1-3-29-14-15-12-17-19(22-25-10-11-27(22)23(28)30-4-2)20(16-8-6-5-7-9-16)26-21(17)18(24)13-15/h5-12,26H,3-4,13,24H2,1-2H3,(H,28,29);5-13,26H,3-4,14,24H2,1-2H3. The SMILES string of the molecule is CCOCc1cc(N)c2[nH]c(-c3ccccc3)c(-c3nc(CC)cn3C(=O)O)c2c1.CCOCc1cc(N)c2[nH]c(-c3ccccc3)c(-c3nccn3C(=O)OCC)c2c1. The third-order valence-corrected chi connectivity index (χ3v) is 9.94. The molecule has 8 rings (SSSR count). The molecule has 0 aliphatic rings. The Kier molecular flexibility index (Phi) is 12.4. The van der Waals surface area contributed by atoms with Gasteiger partial charge in [-0.05, 0) is 73.7 Å². The van der Waals surface area contributed by atoms with Gasteiger partial charge in [0.15, 0.2) is 11.6 Å². The number of anilines is 2. The summed E-state index contributed by atoms with van der Waals surface area (Å²) in [4.78, 5) is 40.5. The molecule has 0 spiro atoms. The van der Waals surface area contributed by atoms with Crippen molar-refractivity contribution in [2.24, 2.45) is 0 Å². The van der Waals surface area contributed by atoms with E-state index in [1.807, 2.05) is 106 Å². The van der Waals surface area contributed by atoms with Crippen LogP contribution in [0.4, 0.5) is 21.0 Å². The highest BCUT2D eigenvalue weighted by Crippen LogP contribution is 2.42. The number of H-pyrrole nitrogens is 2. The quantitative estimate of drug-likeness (QED) is 0.0740. The van der Waals surface area contributed by atoms with E-state index in [0.29, 0.717) is 67.1 Å². The van der Waals surface area contributed by atoms with Gasteiger partial charge in [0.2, 0.25) is 0 Å². The summed E-state index contributed by atoms with van der Waals surface area (Å²) in [5.74, 6) is 0.865. The summed E-state index contributed by atoms with van der Waals surface area (Å²) in [5.41, 5.74) is 23.1. The van der Waals surface area contributed by atoms with E-state index in [1.165, 1.54) is 9.13 Å². The van der Waals surface area contributed by atoms with Crippen LogP contribution in [0.1, 0.15) is 44.5 Å². The summed E-state index contributed by atoms with van der Waals surface area (Å²) in [7, 11) is 0. The highest BCUT2D eigenvalue weighted by molar-refractivity contribution is 6.09. The Morgan fingerprint density at radius 1 is 0.700 bits per heavy atom. The van der Waals surface area contributed by atoms with Gasteiger partial charge in [0.1, 0.15) is 0 Å². The molecular formula is C46H48N8O6. The van der Waals surface area contributed by atoms with Gasteiger partial charge < -0.3 is 40.8 Å². The van der Waals surface area contributed by atoms with E-state index in [0.717, 1.165) is 61.0 Å². The van der Waals surface area contributed by atoms with Crippen LogP contribution in [0.3, 0.4) is 0 Å². The van der Waals surface area contributed by atoms with Crippen LogP contribution in [0, 0.1) is 0 Å². The molecule has 4 aromatic carbocycles. The van der Waals surface area contributed by atoms with Crippen LogP contribution in [-0.4, -0.2) is 66.2 Å². The van der Waals surface area contributed by atoms with Crippen LogP contribution < -0.4 is 11.5 Å². The molecule has 0 saturated carbocycles. The van der Waals surface area contributed by atoms with Crippen LogP contribution in [0.25, 0.3) is 67.1 Å². The third-order valence-electron chi connectivity index (χ3n) is 9.94. The third kappa shape index (κ3) is 8.23. The molecule has 14 heteroatoms. The lowest BCUT2D eigenvalue weighted by Crippen LogP contribution is -2.14. The van der Waals surface area contributed by atoms with Gasteiger partial charge in [0, 0.05) is 42.6 Å². The fourth-order valence-electron chi connectivity index (χ4n) is 7.23. The number of aromatic nitrogens is 6. The second kappa shape index (κ2) is 18.2. The first-order chi connectivity index (χ1) is 29.2. The van der Waals surface area contributed by atoms with E-state index >= 15 is 0 Å². The Morgan fingerprint density at radius 2 is 1.22 bits per heavy atom. The molecule has 8 aromatic rings. The predicted molar refractivity (Wildman–Crippen MR) is 235 cm³/mol. The Hall–Kier alpha value is -7.16. The second-order valence-electron chi connectivity index (χ2n) is 13.9. The van der Waals surface area contributed by atoms with Crippen LogP contribution in [-0.2, 0) is 33.8 Å². The normalized spacial score (nSPS) is 11.2. The number of ether oxygens (including phenoxy) is 3. The molecule has 7 N–H and O–H groups in total. The molecule has 0 amide bonds. The molecule has 14 nitrogen and oxygen atoms in total. The van der Waals surface area contributed by atoms with Crippen molar-refractivity contribution in [2.45, 2.75) is 47.3 Å². The number of nitrogens with one attached hydrogen (secondary N) is 2. The Balaban J connectivity index is 0.000000181. The molecule has 0 bridgehead atoms. The molecule has 0 unspecified atom stereocenters. The molecule has 0 atom stereocenters. The largest absolute Gasteiger partial charge is 0.464 e. The molecule has 60 heavy (non-hydrogen) atoms. The van der Waals surface area contributed by atoms with Crippen molar-refractivity contribution < 1.29 is 28.9 Å². The number of imidazole rings is 2. The zero-order valence-corrected chi connectivity index (χ0v) is 34.0. The number of carbonyl (C=O) groups is 2. The molecule has 308 valence electrons. The zero-order valence-electron chi connectivity index (χ0n) is 34.0. The lowest BCUT2D eigenvalue weighted by molar-refractivity contribution is 0.134. The fraction of sp³-hybridized carbons (Fsp3) is 0.217. The molecular weight excluding hydrogens is 761 g/mol. The maximum Gasteiger partial charge on any atom is 0.419 e. The van der Waals surface area contributed by atoms with Crippen LogP contribution in [0.5, 0.6) is 0 Å². The number of hydrogen-bond acceptors (Lipinski definition) is 9. The van der Waals surface area contributed by atoms with Gasteiger partial charge in [-0.15, -0.1) is 0 Å². The predicted octanol–water partition coefficient (Wildman–Crippen LogP) is 9.73. The van der Waals surface area contributed by atoms with E-state index in [4.69, 9.17) is 25.7 Å². The minimum Gasteiger partial charge on any atom is -0.464 e. The van der Waals surface area contributed by atoms with Gasteiger partial charge in [-0.1, -0.05) is 67.6 Å². The summed E-state index contributed by atoms with van der Waals surface area (Å²) in [5, 5.41) is 11.5. The summed E-state index contributed by atoms with van der Waals surface area (Å²) in [6, 6.07) is 27.5. The van der Waals surface area contributed by atoms with E-state index < -0.39 is 12.2 Å². The lowest BCUT2D eigenvalue weighted by atomic mass is 10.0. The highest BCUT2D eigenvalue weighted by Gasteiger charge is 2.25. The highest BCUT2D eigenvalue weighted by atomic mass is 16.5. The lowest BCUT2D eigenvalue weighted by Gasteiger charge is -2.09. The monoisotopic (exact) mass is 808 g/mol. The van der Waals surface area contributed by atoms with E-state index in [2.05, 4.69) is 19.9 Å². The van der Waals surface area contributed by atoms with Gasteiger partial charge in [0.05, 0.1) is 70.4 Å². The topological polar surface area (TPSA) is 201 Å². The summed E-state index contributed by atoms with van der Waals surface area (Å²) in [6.45, 7) is 9.97. The van der Waals surface area contributed by atoms with E-state index in [-0.39, 0.29) is 6.61 Å². The van der Waals surface area contributed by atoms with Crippen molar-refractivity contribution >= 4 is 45.4 Å². The minimum atomic E-state index is -1.08. The van der Waals surface area contributed by atoms with Crippen molar-refractivity contribution in [2.75, 3.05) is 31.3 Å². The number of carboxylic acid groups (broad SMARTS) is 1. The first kappa shape index (κ1) is 41.0. The Labute approximate surface area is 346 Å². The average molecular weight is 809 g/mol. The zero-order chi connectivity index (χ0) is 42.3. The van der Waals surface area contributed by atoms with Crippen LogP contribution in [0.15, 0.2) is 104 Å². The van der Waals surface area contributed by atoms with Gasteiger partial charge in [-0.2, -0.15) is 0 Å². The molecule has 4 aromatic heterocycles. The molecule has 0 aliphatic carbocycles. The maximum absolute atomic E-state index is 12.5. The number of hydrogen-bond donors (Lipinski definition) is 5. The van der Waals surface area contributed by atoms with Gasteiger partial charge in [-0.3, -0.25) is 0 Å². The number of fused-ring (bicyclic) bond motifs is 2. The summed E-state index contributed by atoms with van der Waals surface area (Å²) >= 11 is 0. The van der Waals surface area contributed by atoms with Gasteiger partial charge in [-0.25, -0.2) is 28.7 Å². The first-order valence-corrected chi connectivity index (χ1v) is 19.8. The molecule has 0 saturated heterocycles. The van der Waals surface area contributed by atoms with Crippen molar-refractivity contribution in [1.29, 1.82) is 0 Å². The number of nitrogens with zero attached hydrogens (tertiary/aromatic N) is 4. The number of aromatic amines is 2. The van der Waals surface area contributed by atoms with Crippen molar-refractivity contribution in [3.63, 3.8) is 0 Å². The molecule has 0 aliphatic heterocycles. The van der Waals surface area contributed by atoms with E-state index in [1.54, 1.807) is 25.5 Å². The second-order valence-corrected chi connectivity index (χ2v) is 13.9. The minimum absolute atomic E-state index is 0.279. The Bertz CT molecular complexity index is 2770. The molecule has 4 heterocycles. The van der Waals surface area contributed by atoms with Crippen LogP contribution >= 0.6 is 0 Å². The number of nitrogen functional groups attached to an aromatic ring is 2. The molecule has 0 fully saturated rings. The number of rotatable bonds is 12.